The van der Waals surface area contributed by atoms with Gasteiger partial charge >= 0.3 is 0 Å². The van der Waals surface area contributed by atoms with Crippen molar-refractivity contribution in [2.24, 2.45) is 7.05 Å². The number of nitro benzene ring substituents is 1. The van der Waals surface area contributed by atoms with Gasteiger partial charge in [-0.25, -0.2) is 8.42 Å². The van der Waals surface area contributed by atoms with E-state index in [9.17, 15) is 18.5 Å². The van der Waals surface area contributed by atoms with Crippen molar-refractivity contribution < 1.29 is 13.3 Å². The smallest absolute Gasteiger partial charge is 0.267 e. The fraction of sp³-hybridized carbons (Fsp3) is 0.235. The Labute approximate surface area is 145 Å². The first kappa shape index (κ1) is 17.1. The molecule has 0 fully saturated rings. The van der Waals surface area contributed by atoms with Crippen LogP contribution in [0.3, 0.4) is 0 Å². The first-order valence-corrected chi connectivity index (χ1v) is 9.22. The molecular formula is C17H17N3O4S. The molecule has 0 saturated heterocycles. The fourth-order valence-corrected chi connectivity index (χ4v) is 3.71. The van der Waals surface area contributed by atoms with Gasteiger partial charge < -0.3 is 0 Å². The summed E-state index contributed by atoms with van der Waals surface area (Å²) in [6.45, 7) is 3.27. The monoisotopic (exact) mass is 359 g/mol. The van der Waals surface area contributed by atoms with Crippen LogP contribution in [-0.4, -0.2) is 28.4 Å². The third kappa shape index (κ3) is 2.89. The molecule has 0 aliphatic carbocycles. The van der Waals surface area contributed by atoms with Gasteiger partial charge in [0.25, 0.3) is 5.69 Å². The van der Waals surface area contributed by atoms with Crippen LogP contribution in [0.25, 0.3) is 22.2 Å². The Kier molecular flexibility index (Phi) is 4.08. The van der Waals surface area contributed by atoms with E-state index in [2.05, 4.69) is 5.10 Å². The number of nitrogens with zero attached hydrogens (tertiary/aromatic N) is 3. The fourth-order valence-electron chi connectivity index (χ4n) is 2.66. The topological polar surface area (TPSA) is 95.1 Å². The van der Waals surface area contributed by atoms with Crippen molar-refractivity contribution in [3.63, 3.8) is 0 Å². The van der Waals surface area contributed by atoms with Crippen LogP contribution < -0.4 is 0 Å². The molecule has 0 aliphatic rings. The van der Waals surface area contributed by atoms with Gasteiger partial charge in [0.2, 0.25) is 0 Å². The molecule has 1 heterocycles. The molecule has 0 N–H and O–H groups in total. The van der Waals surface area contributed by atoms with Gasteiger partial charge in [-0.2, -0.15) is 5.10 Å². The number of hydrogen-bond donors (Lipinski definition) is 0. The molecule has 0 spiro atoms. The second-order valence-corrected chi connectivity index (χ2v) is 8.55. The van der Waals surface area contributed by atoms with E-state index in [0.717, 1.165) is 5.52 Å². The van der Waals surface area contributed by atoms with E-state index in [1.807, 2.05) is 0 Å². The van der Waals surface area contributed by atoms with Crippen molar-refractivity contribution >= 4 is 26.4 Å². The molecule has 1 aromatic heterocycles. The second-order valence-electron chi connectivity index (χ2n) is 6.05. The number of fused-ring (bicyclic) bond motifs is 1. The van der Waals surface area contributed by atoms with Crippen LogP contribution in [0.1, 0.15) is 13.8 Å². The van der Waals surface area contributed by atoms with Crippen molar-refractivity contribution in [2.75, 3.05) is 0 Å². The molecule has 0 radical (unpaired) electrons. The highest BCUT2D eigenvalue weighted by atomic mass is 32.2. The van der Waals surface area contributed by atoms with E-state index in [4.69, 9.17) is 0 Å². The number of aromatic nitrogens is 2. The minimum Gasteiger partial charge on any atom is -0.267 e. The number of hydrogen-bond acceptors (Lipinski definition) is 5. The van der Waals surface area contributed by atoms with Gasteiger partial charge in [0.05, 0.1) is 20.6 Å². The first-order chi connectivity index (χ1) is 11.7. The summed E-state index contributed by atoms with van der Waals surface area (Å²) in [6, 6.07) is 11.0. The third-order valence-corrected chi connectivity index (χ3v) is 6.29. The Morgan fingerprint density at radius 1 is 1.12 bits per heavy atom. The predicted octanol–water partition coefficient (Wildman–Crippen LogP) is 3.33. The summed E-state index contributed by atoms with van der Waals surface area (Å²) in [5.41, 5.74) is 2.03. The van der Waals surface area contributed by atoms with Gasteiger partial charge in [0.15, 0.2) is 9.84 Å². The van der Waals surface area contributed by atoms with Gasteiger partial charge in [-0.15, -0.1) is 0 Å². The highest BCUT2D eigenvalue weighted by Crippen LogP contribution is 2.31. The molecule has 0 unspecified atom stereocenters. The molecule has 25 heavy (non-hydrogen) atoms. The SMILES string of the molecule is CC(C)S(=O)(=O)c1ccc(-c2nn(C)c3ccc([N+](=O)[O-])cc23)cc1. The largest absolute Gasteiger partial charge is 0.270 e. The summed E-state index contributed by atoms with van der Waals surface area (Å²) in [4.78, 5) is 10.8. The minimum atomic E-state index is -3.35. The molecule has 8 heteroatoms. The number of aryl methyl sites for hydroxylation is 1. The summed E-state index contributed by atoms with van der Waals surface area (Å²) in [5, 5.41) is 15.6. The molecule has 0 aliphatic heterocycles. The van der Waals surface area contributed by atoms with E-state index in [1.165, 1.54) is 12.1 Å². The molecule has 130 valence electrons. The van der Waals surface area contributed by atoms with Crippen molar-refractivity contribution in [3.8, 4) is 11.3 Å². The Balaban J connectivity index is 2.14. The van der Waals surface area contributed by atoms with E-state index in [1.54, 1.807) is 55.9 Å². The Morgan fingerprint density at radius 3 is 2.32 bits per heavy atom. The number of nitro groups is 1. The zero-order valence-electron chi connectivity index (χ0n) is 14.0. The normalized spacial score (nSPS) is 12.0. The number of rotatable bonds is 4. The lowest BCUT2D eigenvalue weighted by Crippen LogP contribution is -2.13. The van der Waals surface area contributed by atoms with Crippen molar-refractivity contribution in [3.05, 3.63) is 52.6 Å². The average Bonchev–Trinajstić information content (AvgIpc) is 2.91. The molecule has 0 saturated carbocycles. The zero-order valence-corrected chi connectivity index (χ0v) is 14.8. The van der Waals surface area contributed by atoms with E-state index >= 15 is 0 Å². The number of non-ortho nitro benzene ring substituents is 1. The van der Waals surface area contributed by atoms with E-state index < -0.39 is 20.0 Å². The van der Waals surface area contributed by atoms with Gasteiger partial charge in [0.1, 0.15) is 5.69 Å². The predicted molar refractivity (Wildman–Crippen MR) is 95.1 cm³/mol. The van der Waals surface area contributed by atoms with Crippen LogP contribution in [0.2, 0.25) is 0 Å². The summed E-state index contributed by atoms with van der Waals surface area (Å²) in [6.07, 6.45) is 0. The number of benzene rings is 2. The summed E-state index contributed by atoms with van der Waals surface area (Å²) in [7, 11) is -1.59. The lowest BCUT2D eigenvalue weighted by Gasteiger charge is -2.08. The van der Waals surface area contributed by atoms with Crippen LogP contribution >= 0.6 is 0 Å². The van der Waals surface area contributed by atoms with Crippen LogP contribution in [0, 0.1) is 10.1 Å². The maximum Gasteiger partial charge on any atom is 0.270 e. The average molecular weight is 359 g/mol. The quantitative estimate of drug-likeness (QED) is 0.526. The highest BCUT2D eigenvalue weighted by molar-refractivity contribution is 7.92. The third-order valence-electron chi connectivity index (χ3n) is 4.12. The highest BCUT2D eigenvalue weighted by Gasteiger charge is 2.20. The van der Waals surface area contributed by atoms with Crippen molar-refractivity contribution in [2.45, 2.75) is 24.0 Å². The van der Waals surface area contributed by atoms with Gasteiger partial charge in [-0.3, -0.25) is 14.8 Å². The Morgan fingerprint density at radius 2 is 1.76 bits per heavy atom. The summed E-state index contributed by atoms with van der Waals surface area (Å²) in [5.74, 6) is 0. The van der Waals surface area contributed by atoms with E-state index in [-0.39, 0.29) is 10.6 Å². The molecule has 0 amide bonds. The maximum atomic E-state index is 12.2. The van der Waals surface area contributed by atoms with Crippen LogP contribution in [0.5, 0.6) is 0 Å². The molecule has 0 bridgehead atoms. The van der Waals surface area contributed by atoms with Crippen molar-refractivity contribution in [1.29, 1.82) is 0 Å². The second kappa shape index (κ2) is 5.96. The first-order valence-electron chi connectivity index (χ1n) is 7.67. The lowest BCUT2D eigenvalue weighted by molar-refractivity contribution is -0.384. The molecule has 7 nitrogen and oxygen atoms in total. The minimum absolute atomic E-state index is 0.0132. The molecular weight excluding hydrogens is 342 g/mol. The summed E-state index contributed by atoms with van der Waals surface area (Å²) < 4.78 is 26.1. The van der Waals surface area contributed by atoms with Gasteiger partial charge in [-0.05, 0) is 32.0 Å². The van der Waals surface area contributed by atoms with Crippen LogP contribution in [0.4, 0.5) is 5.69 Å². The molecule has 2 aromatic carbocycles. The Bertz CT molecular complexity index is 1070. The molecule has 3 rings (SSSR count). The van der Waals surface area contributed by atoms with Gasteiger partial charge in [-0.1, -0.05) is 12.1 Å². The zero-order chi connectivity index (χ0) is 18.4. The van der Waals surface area contributed by atoms with Crippen molar-refractivity contribution in [1.82, 2.24) is 9.78 Å². The van der Waals surface area contributed by atoms with Gasteiger partial charge in [0, 0.05) is 30.1 Å². The molecule has 0 atom stereocenters. The Hall–Kier alpha value is -2.74. The maximum absolute atomic E-state index is 12.2. The van der Waals surface area contributed by atoms with Crippen LogP contribution in [0.15, 0.2) is 47.4 Å². The molecule has 3 aromatic rings. The standard InChI is InChI=1S/C17H17N3O4S/c1-11(2)25(23,24)14-7-4-12(5-8-14)17-15-10-13(20(21)22)6-9-16(15)19(3)18-17/h4-11H,1-3H3. The number of sulfone groups is 1. The summed E-state index contributed by atoms with van der Waals surface area (Å²) >= 11 is 0. The lowest BCUT2D eigenvalue weighted by atomic mass is 10.1. The van der Waals surface area contributed by atoms with Crippen LogP contribution in [-0.2, 0) is 16.9 Å². The van der Waals surface area contributed by atoms with E-state index in [0.29, 0.717) is 16.6 Å².